The van der Waals surface area contributed by atoms with Gasteiger partial charge in [-0.2, -0.15) is 0 Å². The van der Waals surface area contributed by atoms with Crippen LogP contribution in [0.3, 0.4) is 0 Å². The molecule has 192 valence electrons. The van der Waals surface area contributed by atoms with E-state index in [2.05, 4.69) is 4.98 Å². The third kappa shape index (κ3) is 7.11. The summed E-state index contributed by atoms with van der Waals surface area (Å²) in [5.41, 5.74) is 14.9. The second-order valence-electron chi connectivity index (χ2n) is 7.74. The lowest BCUT2D eigenvalue weighted by Crippen LogP contribution is -2.34. The molecule has 35 heavy (non-hydrogen) atoms. The van der Waals surface area contributed by atoms with Crippen LogP contribution >= 0.6 is 22.9 Å². The first-order valence-corrected chi connectivity index (χ1v) is 12.8. The van der Waals surface area contributed by atoms with Gasteiger partial charge in [0.05, 0.1) is 13.7 Å². The molecule has 0 fully saturated rings. The summed E-state index contributed by atoms with van der Waals surface area (Å²) in [5.74, 6) is -0.175. The van der Waals surface area contributed by atoms with Crippen LogP contribution in [0.5, 0.6) is 5.75 Å². The zero-order valence-electron chi connectivity index (χ0n) is 20.9. The van der Waals surface area contributed by atoms with E-state index < -0.39 is 11.8 Å². The molecule has 1 aromatic carbocycles. The fraction of sp³-hybridized carbons (Fsp3) is 0.440. The number of halogens is 2. The van der Waals surface area contributed by atoms with E-state index in [1.807, 2.05) is 32.6 Å². The standard InChI is InChI=1S/C23H28ClFN4O3S.C2H6/c1-13-8-9-17(16(25)12-13)32-11-5-7-18-19(22(30)31-3)28-23(33-18)29-10-4-6-15(21(29)27)14(2)20(24)26;1-2/h8-9,12H,4-7,10-11,26-27H2,1-3H3;1-2H3/b20-14-;. The topological polar surface area (TPSA) is 104 Å². The Morgan fingerprint density at radius 2 is 2.06 bits per heavy atom. The van der Waals surface area contributed by atoms with E-state index in [1.54, 1.807) is 12.1 Å². The number of nitrogens with zero attached hydrogens (tertiary/aromatic N) is 2. The summed E-state index contributed by atoms with van der Waals surface area (Å²) in [6, 6.07) is 4.84. The highest BCUT2D eigenvalue weighted by molar-refractivity contribution is 7.16. The lowest BCUT2D eigenvalue weighted by atomic mass is 9.99. The van der Waals surface area contributed by atoms with E-state index in [0.29, 0.717) is 36.9 Å². The van der Waals surface area contributed by atoms with Gasteiger partial charge in [0.15, 0.2) is 22.4 Å². The number of aryl methyl sites for hydroxylation is 2. The van der Waals surface area contributed by atoms with E-state index in [4.69, 9.17) is 32.5 Å². The smallest absolute Gasteiger partial charge is 0.357 e. The van der Waals surface area contributed by atoms with Gasteiger partial charge in [-0.1, -0.05) is 31.5 Å². The molecule has 1 aromatic heterocycles. The van der Waals surface area contributed by atoms with E-state index in [-0.39, 0.29) is 16.6 Å². The number of carbonyl (C=O) groups is 1. The number of methoxy groups -OCH3 is 1. The summed E-state index contributed by atoms with van der Waals surface area (Å²) in [4.78, 5) is 19.5. The molecule has 0 aliphatic carbocycles. The molecule has 0 bridgehead atoms. The second-order valence-corrected chi connectivity index (χ2v) is 9.21. The van der Waals surface area contributed by atoms with Gasteiger partial charge in [-0.05, 0) is 68.4 Å². The number of hydrogen-bond acceptors (Lipinski definition) is 8. The van der Waals surface area contributed by atoms with Gasteiger partial charge >= 0.3 is 5.97 Å². The van der Waals surface area contributed by atoms with Gasteiger partial charge in [-0.25, -0.2) is 14.2 Å². The minimum Gasteiger partial charge on any atom is -0.491 e. The van der Waals surface area contributed by atoms with Crippen LogP contribution in [0.1, 0.15) is 61.0 Å². The Morgan fingerprint density at radius 1 is 1.34 bits per heavy atom. The fourth-order valence-electron chi connectivity index (χ4n) is 3.57. The molecule has 1 aliphatic rings. The molecule has 0 radical (unpaired) electrons. The summed E-state index contributed by atoms with van der Waals surface area (Å²) >= 11 is 7.36. The maximum atomic E-state index is 14.0. The van der Waals surface area contributed by atoms with Gasteiger partial charge in [-0.15, -0.1) is 11.3 Å². The molecule has 3 rings (SSSR count). The lowest BCUT2D eigenvalue weighted by molar-refractivity contribution is 0.0593. The number of nitrogens with two attached hydrogens (primary N) is 2. The third-order valence-electron chi connectivity index (χ3n) is 5.41. The zero-order valence-corrected chi connectivity index (χ0v) is 22.5. The zero-order chi connectivity index (χ0) is 26.1. The molecule has 4 N–H and O–H groups in total. The summed E-state index contributed by atoms with van der Waals surface area (Å²) < 4.78 is 24.5. The van der Waals surface area contributed by atoms with Crippen LogP contribution in [0, 0.1) is 12.7 Å². The van der Waals surface area contributed by atoms with Crippen LogP contribution in [-0.2, 0) is 11.2 Å². The van der Waals surface area contributed by atoms with E-state index >= 15 is 0 Å². The summed E-state index contributed by atoms with van der Waals surface area (Å²) in [7, 11) is 1.32. The minimum absolute atomic E-state index is 0.204. The van der Waals surface area contributed by atoms with Crippen LogP contribution in [0.25, 0.3) is 0 Å². The summed E-state index contributed by atoms with van der Waals surface area (Å²) in [6.45, 7) is 8.60. The first-order chi connectivity index (χ1) is 16.7. The molecule has 0 saturated carbocycles. The van der Waals surface area contributed by atoms with Crippen molar-refractivity contribution < 1.29 is 18.7 Å². The van der Waals surface area contributed by atoms with Gasteiger partial charge in [0.1, 0.15) is 11.0 Å². The van der Waals surface area contributed by atoms with Crippen LogP contribution in [-0.4, -0.2) is 31.2 Å². The fourth-order valence-corrected chi connectivity index (χ4v) is 4.81. The van der Waals surface area contributed by atoms with Crippen molar-refractivity contribution in [1.82, 2.24) is 4.98 Å². The van der Waals surface area contributed by atoms with Crippen molar-refractivity contribution in [3.05, 3.63) is 62.3 Å². The number of rotatable bonds is 8. The molecule has 1 aliphatic heterocycles. The van der Waals surface area contributed by atoms with Crippen LogP contribution in [0.2, 0.25) is 0 Å². The Balaban J connectivity index is 0.00000210. The van der Waals surface area contributed by atoms with Crippen molar-refractivity contribution in [1.29, 1.82) is 0 Å². The normalized spacial score (nSPS) is 14.2. The van der Waals surface area contributed by atoms with Crippen molar-refractivity contribution >= 4 is 34.0 Å². The highest BCUT2D eigenvalue weighted by Gasteiger charge is 2.26. The van der Waals surface area contributed by atoms with E-state index in [1.165, 1.54) is 24.5 Å². The number of hydrogen-bond donors (Lipinski definition) is 2. The predicted octanol–water partition coefficient (Wildman–Crippen LogP) is 5.61. The largest absolute Gasteiger partial charge is 0.491 e. The molecule has 2 aromatic rings. The highest BCUT2D eigenvalue weighted by atomic mass is 35.5. The number of benzene rings is 1. The molecular weight excluding hydrogens is 491 g/mol. The van der Waals surface area contributed by atoms with Gasteiger partial charge in [0.25, 0.3) is 0 Å². The van der Waals surface area contributed by atoms with Crippen molar-refractivity contribution in [2.75, 3.05) is 25.2 Å². The van der Waals surface area contributed by atoms with E-state index in [9.17, 15) is 9.18 Å². The van der Waals surface area contributed by atoms with Gasteiger partial charge in [0, 0.05) is 11.4 Å². The molecule has 0 spiro atoms. The molecular formula is C25H34ClFN4O3S. The number of anilines is 1. The maximum absolute atomic E-state index is 14.0. The van der Waals surface area contributed by atoms with Gasteiger partial charge < -0.3 is 25.8 Å². The van der Waals surface area contributed by atoms with E-state index in [0.717, 1.165) is 34.4 Å². The van der Waals surface area contributed by atoms with Crippen molar-refractivity contribution in [2.24, 2.45) is 11.5 Å². The quantitative estimate of drug-likeness (QED) is 0.262. The molecule has 0 atom stereocenters. The first kappa shape index (κ1) is 28.5. The third-order valence-corrected chi connectivity index (χ3v) is 6.83. The van der Waals surface area contributed by atoms with Gasteiger partial charge in [-0.3, -0.25) is 0 Å². The number of ether oxygens (including phenoxy) is 2. The highest BCUT2D eigenvalue weighted by Crippen LogP contribution is 2.35. The number of aromatic nitrogens is 1. The van der Waals surface area contributed by atoms with Gasteiger partial charge in [0.2, 0.25) is 0 Å². The number of carbonyl (C=O) groups excluding carboxylic acids is 1. The molecule has 0 amide bonds. The average Bonchev–Trinajstić information content (AvgIpc) is 3.27. The Kier molecular flexibility index (Phi) is 10.9. The summed E-state index contributed by atoms with van der Waals surface area (Å²) in [5, 5.41) is 0.807. The summed E-state index contributed by atoms with van der Waals surface area (Å²) in [6.07, 6.45) is 2.69. The number of thiazole rings is 1. The van der Waals surface area contributed by atoms with Crippen molar-refractivity contribution in [2.45, 2.75) is 53.4 Å². The van der Waals surface area contributed by atoms with Crippen molar-refractivity contribution in [3.63, 3.8) is 0 Å². The monoisotopic (exact) mass is 524 g/mol. The molecule has 0 unspecified atom stereocenters. The first-order valence-electron chi connectivity index (χ1n) is 11.6. The number of esters is 1. The SMILES string of the molecule is CC.COC(=O)c1nc(N2CCCC(/C(C)=C(\N)Cl)=C2N)sc1CCCOc1ccc(C)cc1F. The number of allylic oxidation sites excluding steroid dienone is 2. The Morgan fingerprint density at radius 3 is 2.69 bits per heavy atom. The Hall–Kier alpha value is -2.78. The maximum Gasteiger partial charge on any atom is 0.357 e. The average molecular weight is 525 g/mol. The molecule has 7 nitrogen and oxygen atoms in total. The Labute approximate surface area is 215 Å². The predicted molar refractivity (Wildman–Crippen MR) is 140 cm³/mol. The Bertz CT molecular complexity index is 1100. The van der Waals surface area contributed by atoms with Crippen LogP contribution in [0.4, 0.5) is 9.52 Å². The molecule has 0 saturated heterocycles. The molecule has 10 heteroatoms. The van der Waals surface area contributed by atoms with Crippen LogP contribution < -0.4 is 21.1 Å². The minimum atomic E-state index is -0.515. The lowest BCUT2D eigenvalue weighted by Gasteiger charge is -2.29. The second kappa shape index (κ2) is 13.3. The van der Waals surface area contributed by atoms with Crippen molar-refractivity contribution in [3.8, 4) is 5.75 Å². The van der Waals surface area contributed by atoms with Crippen LogP contribution in [0.15, 0.2) is 40.3 Å². The molecule has 2 heterocycles.